The molecule has 28 heavy (non-hydrogen) atoms. The van der Waals surface area contributed by atoms with Gasteiger partial charge in [-0.05, 0) is 54.9 Å². The van der Waals surface area contributed by atoms with Crippen molar-refractivity contribution >= 4 is 11.6 Å². The average molecular weight is 377 g/mol. The van der Waals surface area contributed by atoms with Crippen molar-refractivity contribution in [2.45, 2.75) is 58.0 Å². The molecule has 3 atom stereocenters. The number of likely N-dealkylation sites (tertiary alicyclic amines) is 1. The Bertz CT molecular complexity index is 803. The van der Waals surface area contributed by atoms with Gasteiger partial charge in [-0.15, -0.1) is 0 Å². The number of benzene rings is 2. The van der Waals surface area contributed by atoms with Crippen LogP contribution in [0.2, 0.25) is 0 Å². The van der Waals surface area contributed by atoms with Crippen LogP contribution in [0.1, 0.15) is 44.2 Å². The molecule has 1 fully saturated rings. The monoisotopic (exact) mass is 376 g/mol. The molecule has 0 radical (unpaired) electrons. The summed E-state index contributed by atoms with van der Waals surface area (Å²) < 4.78 is 0. The smallest absolute Gasteiger partial charge is 0.226 e. The maximum atomic E-state index is 12.8. The standard InChI is InChI=1S/C25H32N2O/c1-3-25(28)27(22-11-5-4-6-12-22)24-15-16-26(18-19(24)2)23-14-13-20-9-7-8-10-21(20)17-23/h4-12,19,23-24H,3,13-18H2,1-2H3/t19-,23?,24+/m0/s1. The number of hydrogen-bond donors (Lipinski definition) is 0. The number of aryl methyl sites for hydroxylation is 1. The molecule has 1 aliphatic heterocycles. The van der Waals surface area contributed by atoms with Crippen LogP contribution in [0, 0.1) is 5.92 Å². The number of carbonyl (C=O) groups excluding carboxylic acids is 1. The van der Waals surface area contributed by atoms with E-state index in [2.05, 4.69) is 53.1 Å². The number of rotatable bonds is 4. The molecule has 0 saturated carbocycles. The number of nitrogens with zero attached hydrogens (tertiary/aromatic N) is 2. The molecule has 1 amide bonds. The normalized spacial score (nSPS) is 25.1. The van der Waals surface area contributed by atoms with Gasteiger partial charge in [0, 0.05) is 37.3 Å². The molecule has 1 unspecified atom stereocenters. The van der Waals surface area contributed by atoms with E-state index in [1.54, 1.807) is 0 Å². The lowest BCUT2D eigenvalue weighted by Crippen LogP contribution is -2.55. The Hall–Kier alpha value is -2.13. The highest BCUT2D eigenvalue weighted by Crippen LogP contribution is 2.32. The van der Waals surface area contributed by atoms with Crippen LogP contribution in [0.4, 0.5) is 5.69 Å². The molecule has 1 aliphatic carbocycles. The van der Waals surface area contributed by atoms with E-state index in [0.717, 1.165) is 25.2 Å². The molecule has 3 nitrogen and oxygen atoms in total. The molecule has 0 aromatic heterocycles. The number of anilines is 1. The summed E-state index contributed by atoms with van der Waals surface area (Å²) in [5.41, 5.74) is 4.11. The number of carbonyl (C=O) groups is 1. The lowest BCUT2D eigenvalue weighted by atomic mass is 9.84. The number of para-hydroxylation sites is 1. The van der Waals surface area contributed by atoms with Crippen molar-refractivity contribution in [1.82, 2.24) is 4.90 Å². The molecule has 0 N–H and O–H groups in total. The Kier molecular flexibility index (Phi) is 5.82. The summed E-state index contributed by atoms with van der Waals surface area (Å²) >= 11 is 0. The van der Waals surface area contributed by atoms with Crippen molar-refractivity contribution in [3.05, 3.63) is 65.7 Å². The Balaban J connectivity index is 1.47. The van der Waals surface area contributed by atoms with E-state index >= 15 is 0 Å². The Morgan fingerprint density at radius 3 is 2.46 bits per heavy atom. The van der Waals surface area contributed by atoms with Crippen molar-refractivity contribution in [2.24, 2.45) is 5.92 Å². The van der Waals surface area contributed by atoms with Gasteiger partial charge in [0.1, 0.15) is 0 Å². The van der Waals surface area contributed by atoms with Crippen LogP contribution in [0.5, 0.6) is 0 Å². The summed E-state index contributed by atoms with van der Waals surface area (Å²) in [6.45, 7) is 6.46. The third-order valence-corrected chi connectivity index (χ3v) is 6.67. The van der Waals surface area contributed by atoms with Crippen LogP contribution in [-0.2, 0) is 17.6 Å². The fourth-order valence-corrected chi connectivity index (χ4v) is 5.15. The number of piperidine rings is 1. The zero-order valence-electron chi connectivity index (χ0n) is 17.2. The van der Waals surface area contributed by atoms with Crippen LogP contribution >= 0.6 is 0 Å². The van der Waals surface area contributed by atoms with Gasteiger partial charge < -0.3 is 4.90 Å². The molecule has 3 heteroatoms. The predicted octanol–water partition coefficient (Wildman–Crippen LogP) is 4.70. The van der Waals surface area contributed by atoms with E-state index in [9.17, 15) is 4.79 Å². The van der Waals surface area contributed by atoms with Crippen LogP contribution in [0.15, 0.2) is 54.6 Å². The minimum Gasteiger partial charge on any atom is -0.309 e. The molecule has 0 spiro atoms. The molecule has 2 aromatic rings. The first kappa shape index (κ1) is 19.2. The summed E-state index contributed by atoms with van der Waals surface area (Å²) in [7, 11) is 0. The van der Waals surface area contributed by atoms with E-state index in [1.807, 2.05) is 25.1 Å². The van der Waals surface area contributed by atoms with Gasteiger partial charge in [0.05, 0.1) is 0 Å². The van der Waals surface area contributed by atoms with E-state index in [-0.39, 0.29) is 5.91 Å². The average Bonchev–Trinajstić information content (AvgIpc) is 2.75. The van der Waals surface area contributed by atoms with Gasteiger partial charge in [-0.1, -0.05) is 56.3 Å². The lowest BCUT2D eigenvalue weighted by molar-refractivity contribution is -0.119. The van der Waals surface area contributed by atoms with Crippen molar-refractivity contribution in [1.29, 1.82) is 0 Å². The Labute approximate surface area is 169 Å². The molecule has 0 bridgehead atoms. The van der Waals surface area contributed by atoms with Gasteiger partial charge in [-0.3, -0.25) is 9.69 Å². The summed E-state index contributed by atoms with van der Waals surface area (Å²) in [5, 5.41) is 0. The third kappa shape index (κ3) is 3.86. The minimum atomic E-state index is 0.239. The SMILES string of the molecule is CCC(=O)N(c1ccccc1)[C@@H]1CCN(C2CCc3ccccc3C2)C[C@@H]1C. The second-order valence-corrected chi connectivity index (χ2v) is 8.45. The van der Waals surface area contributed by atoms with E-state index in [4.69, 9.17) is 0 Å². The number of amides is 1. The van der Waals surface area contributed by atoms with Gasteiger partial charge in [0.25, 0.3) is 0 Å². The minimum absolute atomic E-state index is 0.239. The van der Waals surface area contributed by atoms with Crippen LogP contribution < -0.4 is 4.90 Å². The van der Waals surface area contributed by atoms with Crippen LogP contribution in [0.3, 0.4) is 0 Å². The van der Waals surface area contributed by atoms with Crippen molar-refractivity contribution in [3.63, 3.8) is 0 Å². The topological polar surface area (TPSA) is 23.6 Å². The molecular weight excluding hydrogens is 344 g/mol. The predicted molar refractivity (Wildman–Crippen MR) is 116 cm³/mol. The fourth-order valence-electron chi connectivity index (χ4n) is 5.15. The quantitative estimate of drug-likeness (QED) is 0.772. The molecule has 148 valence electrons. The lowest BCUT2D eigenvalue weighted by Gasteiger charge is -2.46. The van der Waals surface area contributed by atoms with E-state index in [0.29, 0.717) is 24.4 Å². The highest BCUT2D eigenvalue weighted by atomic mass is 16.2. The van der Waals surface area contributed by atoms with Crippen molar-refractivity contribution in [2.75, 3.05) is 18.0 Å². The molecule has 4 rings (SSSR count). The summed E-state index contributed by atoms with van der Waals surface area (Å²) in [6.07, 6.45) is 5.23. The van der Waals surface area contributed by atoms with E-state index in [1.165, 1.54) is 30.4 Å². The summed E-state index contributed by atoms with van der Waals surface area (Å²) in [6, 6.07) is 20.1. The molecule has 1 saturated heterocycles. The van der Waals surface area contributed by atoms with Crippen LogP contribution in [-0.4, -0.2) is 36.0 Å². The van der Waals surface area contributed by atoms with Crippen molar-refractivity contribution < 1.29 is 4.79 Å². The first-order valence-corrected chi connectivity index (χ1v) is 10.8. The second kappa shape index (κ2) is 8.48. The van der Waals surface area contributed by atoms with Gasteiger partial charge in [-0.25, -0.2) is 0 Å². The molecular formula is C25H32N2O. The zero-order chi connectivity index (χ0) is 19.5. The second-order valence-electron chi connectivity index (χ2n) is 8.45. The molecule has 2 aromatic carbocycles. The number of fused-ring (bicyclic) bond motifs is 1. The largest absolute Gasteiger partial charge is 0.309 e. The summed E-state index contributed by atoms with van der Waals surface area (Å²) in [5.74, 6) is 0.713. The maximum absolute atomic E-state index is 12.8. The zero-order valence-corrected chi connectivity index (χ0v) is 17.2. The van der Waals surface area contributed by atoms with E-state index < -0.39 is 0 Å². The highest BCUT2D eigenvalue weighted by molar-refractivity contribution is 5.93. The highest BCUT2D eigenvalue weighted by Gasteiger charge is 2.36. The van der Waals surface area contributed by atoms with Crippen LogP contribution in [0.25, 0.3) is 0 Å². The van der Waals surface area contributed by atoms with Gasteiger partial charge in [0.15, 0.2) is 0 Å². The van der Waals surface area contributed by atoms with Gasteiger partial charge in [0.2, 0.25) is 5.91 Å². The van der Waals surface area contributed by atoms with Gasteiger partial charge >= 0.3 is 0 Å². The molecule has 2 aliphatic rings. The first-order valence-electron chi connectivity index (χ1n) is 10.8. The maximum Gasteiger partial charge on any atom is 0.226 e. The first-order chi connectivity index (χ1) is 13.7. The fraction of sp³-hybridized carbons (Fsp3) is 0.480. The third-order valence-electron chi connectivity index (χ3n) is 6.67. The Morgan fingerprint density at radius 2 is 1.75 bits per heavy atom. The van der Waals surface area contributed by atoms with Crippen molar-refractivity contribution in [3.8, 4) is 0 Å². The molecule has 1 heterocycles. The Morgan fingerprint density at radius 1 is 1.04 bits per heavy atom. The van der Waals surface area contributed by atoms with Gasteiger partial charge in [-0.2, -0.15) is 0 Å². The number of hydrogen-bond acceptors (Lipinski definition) is 2. The summed E-state index contributed by atoms with van der Waals surface area (Å²) in [4.78, 5) is 17.6.